The Morgan fingerprint density at radius 1 is 1.11 bits per heavy atom. The van der Waals surface area contributed by atoms with Gasteiger partial charge >= 0.3 is 0 Å². The first kappa shape index (κ1) is 20.0. The van der Waals surface area contributed by atoms with Crippen molar-refractivity contribution in [2.75, 3.05) is 25.3 Å². The Balaban J connectivity index is 1.83. The Hall–Kier alpha value is -2.74. The first-order valence-corrected chi connectivity index (χ1v) is 9.68. The second-order valence-corrected chi connectivity index (χ2v) is 7.35. The first-order chi connectivity index (χ1) is 13.4. The molecule has 8 heteroatoms. The lowest BCUT2D eigenvalue weighted by Crippen LogP contribution is -2.44. The third-order valence-corrected chi connectivity index (χ3v) is 5.79. The standard InChI is InChI=1S/C20H21FN2O4S/c1-12(24)23-16(19(25)22-15-7-5-14(21)6-8-15)11-28-20(23)13-4-9-17(26-2)18(10-13)27-3/h4-10,16,20H,11H2,1-3H3,(H,22,25)/t16-,20-/m0/s1. The van der Waals surface area contributed by atoms with Gasteiger partial charge in [-0.1, -0.05) is 6.07 Å². The maximum Gasteiger partial charge on any atom is 0.248 e. The molecule has 0 spiro atoms. The van der Waals surface area contributed by atoms with Gasteiger partial charge in [-0.15, -0.1) is 11.8 Å². The van der Waals surface area contributed by atoms with Gasteiger partial charge in [0.05, 0.1) is 14.2 Å². The zero-order valence-electron chi connectivity index (χ0n) is 15.8. The van der Waals surface area contributed by atoms with E-state index in [1.807, 2.05) is 12.1 Å². The number of benzene rings is 2. The number of hydrogen-bond acceptors (Lipinski definition) is 5. The molecule has 0 bridgehead atoms. The van der Waals surface area contributed by atoms with Crippen LogP contribution in [0.1, 0.15) is 17.9 Å². The summed E-state index contributed by atoms with van der Waals surface area (Å²) in [5, 5.41) is 2.43. The molecule has 6 nitrogen and oxygen atoms in total. The predicted molar refractivity (Wildman–Crippen MR) is 106 cm³/mol. The Kier molecular flexibility index (Phi) is 6.08. The van der Waals surface area contributed by atoms with Crippen molar-refractivity contribution in [3.63, 3.8) is 0 Å². The summed E-state index contributed by atoms with van der Waals surface area (Å²) in [6.45, 7) is 1.44. The van der Waals surface area contributed by atoms with Crippen molar-refractivity contribution < 1.29 is 23.5 Å². The molecule has 1 aliphatic heterocycles. The van der Waals surface area contributed by atoms with E-state index < -0.39 is 6.04 Å². The monoisotopic (exact) mass is 404 g/mol. The minimum Gasteiger partial charge on any atom is -0.493 e. The highest BCUT2D eigenvalue weighted by Crippen LogP contribution is 2.43. The third kappa shape index (κ3) is 4.06. The number of anilines is 1. The molecule has 1 saturated heterocycles. The molecule has 2 amide bonds. The second-order valence-electron chi connectivity index (χ2n) is 6.24. The number of ether oxygens (including phenoxy) is 2. The van der Waals surface area contributed by atoms with E-state index in [1.54, 1.807) is 25.2 Å². The molecule has 2 aromatic rings. The summed E-state index contributed by atoms with van der Waals surface area (Å²) < 4.78 is 23.7. The Bertz CT molecular complexity index is 875. The molecular formula is C20H21FN2O4S. The molecule has 1 heterocycles. The molecule has 1 aliphatic rings. The summed E-state index contributed by atoms with van der Waals surface area (Å²) in [6.07, 6.45) is 0. The molecule has 1 fully saturated rings. The van der Waals surface area contributed by atoms with Crippen molar-refractivity contribution in [1.82, 2.24) is 4.90 Å². The van der Waals surface area contributed by atoms with Crippen molar-refractivity contribution in [1.29, 1.82) is 0 Å². The number of thioether (sulfide) groups is 1. The third-order valence-electron chi connectivity index (χ3n) is 4.47. The fourth-order valence-corrected chi connectivity index (χ4v) is 4.59. The van der Waals surface area contributed by atoms with Gasteiger partial charge in [-0.3, -0.25) is 9.59 Å². The summed E-state index contributed by atoms with van der Waals surface area (Å²) in [4.78, 5) is 26.7. The van der Waals surface area contributed by atoms with Gasteiger partial charge < -0.3 is 19.7 Å². The Morgan fingerprint density at radius 2 is 1.79 bits per heavy atom. The van der Waals surface area contributed by atoms with Crippen LogP contribution in [0, 0.1) is 5.82 Å². The number of nitrogens with one attached hydrogen (secondary N) is 1. The van der Waals surface area contributed by atoms with E-state index in [0.29, 0.717) is 22.9 Å². The Labute approximate surface area is 167 Å². The molecule has 148 valence electrons. The van der Waals surface area contributed by atoms with Crippen LogP contribution in [-0.2, 0) is 9.59 Å². The van der Waals surface area contributed by atoms with Gasteiger partial charge in [0.15, 0.2) is 11.5 Å². The molecule has 2 aromatic carbocycles. The average molecular weight is 404 g/mol. The van der Waals surface area contributed by atoms with Gasteiger partial charge in [0.1, 0.15) is 17.2 Å². The smallest absolute Gasteiger partial charge is 0.248 e. The molecule has 0 aromatic heterocycles. The van der Waals surface area contributed by atoms with Crippen LogP contribution in [0.25, 0.3) is 0 Å². The van der Waals surface area contributed by atoms with Crippen molar-refractivity contribution >= 4 is 29.3 Å². The largest absolute Gasteiger partial charge is 0.493 e. The summed E-state index contributed by atoms with van der Waals surface area (Å²) in [7, 11) is 3.10. The zero-order chi connectivity index (χ0) is 20.3. The van der Waals surface area contributed by atoms with E-state index in [4.69, 9.17) is 9.47 Å². The number of methoxy groups -OCH3 is 2. The van der Waals surface area contributed by atoms with E-state index in [9.17, 15) is 14.0 Å². The van der Waals surface area contributed by atoms with Gasteiger partial charge in [-0.05, 0) is 42.0 Å². The van der Waals surface area contributed by atoms with Gasteiger partial charge in [0, 0.05) is 18.4 Å². The lowest BCUT2D eigenvalue weighted by atomic mass is 10.1. The van der Waals surface area contributed by atoms with Crippen LogP contribution >= 0.6 is 11.8 Å². The van der Waals surface area contributed by atoms with Crippen molar-refractivity contribution in [2.24, 2.45) is 0 Å². The zero-order valence-corrected chi connectivity index (χ0v) is 16.6. The van der Waals surface area contributed by atoms with E-state index in [1.165, 1.54) is 43.0 Å². The lowest BCUT2D eigenvalue weighted by molar-refractivity contribution is -0.136. The number of carbonyl (C=O) groups is 2. The molecule has 0 saturated carbocycles. The SMILES string of the molecule is COc1ccc([C@@H]2SC[C@@H](C(=O)Nc3ccc(F)cc3)N2C(C)=O)cc1OC. The van der Waals surface area contributed by atoms with Crippen LogP contribution in [0.5, 0.6) is 11.5 Å². The van der Waals surface area contributed by atoms with Gasteiger partial charge in [-0.2, -0.15) is 0 Å². The highest BCUT2D eigenvalue weighted by Gasteiger charge is 2.41. The summed E-state index contributed by atoms with van der Waals surface area (Å²) in [5.41, 5.74) is 1.32. The minimum absolute atomic E-state index is 0.205. The van der Waals surface area contributed by atoms with Gasteiger partial charge in [0.2, 0.25) is 11.8 Å². The maximum absolute atomic E-state index is 13.1. The fourth-order valence-electron chi connectivity index (χ4n) is 3.11. The molecule has 3 rings (SSSR count). The molecular weight excluding hydrogens is 383 g/mol. The number of nitrogens with zero attached hydrogens (tertiary/aromatic N) is 1. The van der Waals surface area contributed by atoms with E-state index in [-0.39, 0.29) is 23.0 Å². The van der Waals surface area contributed by atoms with E-state index >= 15 is 0 Å². The molecule has 28 heavy (non-hydrogen) atoms. The lowest BCUT2D eigenvalue weighted by Gasteiger charge is -2.28. The maximum atomic E-state index is 13.1. The fraction of sp³-hybridized carbons (Fsp3) is 0.300. The quantitative estimate of drug-likeness (QED) is 0.827. The molecule has 1 N–H and O–H groups in total. The van der Waals surface area contributed by atoms with Gasteiger partial charge in [0.25, 0.3) is 0 Å². The minimum atomic E-state index is -0.634. The summed E-state index contributed by atoms with van der Waals surface area (Å²) in [5.74, 6) is 0.707. The molecule has 2 atom stereocenters. The van der Waals surface area contributed by atoms with Crippen molar-refractivity contribution in [2.45, 2.75) is 18.3 Å². The van der Waals surface area contributed by atoms with Crippen molar-refractivity contribution in [3.05, 3.63) is 53.8 Å². The predicted octanol–water partition coefficient (Wildman–Crippen LogP) is 3.44. The van der Waals surface area contributed by atoms with Crippen LogP contribution < -0.4 is 14.8 Å². The molecule has 0 radical (unpaired) electrons. The van der Waals surface area contributed by atoms with Crippen LogP contribution in [-0.4, -0.2) is 42.7 Å². The van der Waals surface area contributed by atoms with Crippen LogP contribution in [0.15, 0.2) is 42.5 Å². The van der Waals surface area contributed by atoms with Crippen molar-refractivity contribution in [3.8, 4) is 11.5 Å². The Morgan fingerprint density at radius 3 is 2.39 bits per heavy atom. The number of hydrogen-bond donors (Lipinski definition) is 1. The summed E-state index contributed by atoms with van der Waals surface area (Å²) in [6, 6.07) is 10.3. The van der Waals surface area contributed by atoms with Crippen LogP contribution in [0.3, 0.4) is 0 Å². The number of amides is 2. The number of halogens is 1. The molecule has 0 unspecified atom stereocenters. The second kappa shape index (κ2) is 8.52. The first-order valence-electron chi connectivity index (χ1n) is 8.63. The highest BCUT2D eigenvalue weighted by atomic mass is 32.2. The summed E-state index contributed by atoms with van der Waals surface area (Å²) >= 11 is 1.50. The van der Waals surface area contributed by atoms with E-state index in [0.717, 1.165) is 5.56 Å². The molecule has 0 aliphatic carbocycles. The number of rotatable bonds is 5. The normalized spacial score (nSPS) is 18.6. The highest BCUT2D eigenvalue weighted by molar-refractivity contribution is 7.99. The number of carbonyl (C=O) groups excluding carboxylic acids is 2. The average Bonchev–Trinajstić information content (AvgIpc) is 3.14. The van der Waals surface area contributed by atoms with E-state index in [2.05, 4.69) is 5.32 Å². The van der Waals surface area contributed by atoms with Crippen LogP contribution in [0.2, 0.25) is 0 Å². The van der Waals surface area contributed by atoms with Gasteiger partial charge in [-0.25, -0.2) is 4.39 Å². The van der Waals surface area contributed by atoms with Crippen LogP contribution in [0.4, 0.5) is 10.1 Å². The topological polar surface area (TPSA) is 67.9 Å².